The molecule has 2 heterocycles. The summed E-state index contributed by atoms with van der Waals surface area (Å²) in [6.45, 7) is 2.56. The van der Waals surface area contributed by atoms with E-state index in [1.807, 2.05) is 30.0 Å². The van der Waals surface area contributed by atoms with Crippen LogP contribution in [0, 0.1) is 6.92 Å². The normalized spacial score (nSPS) is 19.8. The van der Waals surface area contributed by atoms with Crippen LogP contribution in [-0.4, -0.2) is 28.4 Å². The maximum absolute atomic E-state index is 12.8. The first-order chi connectivity index (χ1) is 12.1. The van der Waals surface area contributed by atoms with Crippen molar-refractivity contribution < 1.29 is 14.1 Å². The Morgan fingerprint density at radius 3 is 2.96 bits per heavy atom. The van der Waals surface area contributed by atoms with E-state index in [0.29, 0.717) is 13.0 Å². The number of amides is 2. The van der Waals surface area contributed by atoms with Crippen molar-refractivity contribution in [2.75, 3.05) is 11.9 Å². The Hall–Kier alpha value is -2.63. The first kappa shape index (κ1) is 15.9. The number of benzene rings is 1. The second kappa shape index (κ2) is 6.35. The van der Waals surface area contributed by atoms with Crippen LogP contribution in [0.4, 0.5) is 10.5 Å². The molecule has 6 nitrogen and oxygen atoms in total. The van der Waals surface area contributed by atoms with Crippen LogP contribution in [0.5, 0.6) is 0 Å². The highest BCUT2D eigenvalue weighted by molar-refractivity contribution is 6.01. The van der Waals surface area contributed by atoms with Gasteiger partial charge in [0, 0.05) is 30.3 Å². The molecule has 2 aromatic rings. The molecule has 1 aliphatic carbocycles. The standard InChI is InChI=1S/C19H21N3O3/c1-12-10-16(21-25-12)17-4-2-3-9-22(17)19(24)20-14-6-7-15-13(11-14)5-8-18(15)23/h6-7,10-11,17H,2-5,8-9H2,1H3,(H,20,24). The average molecular weight is 339 g/mol. The molecule has 1 aromatic carbocycles. The molecule has 1 aliphatic heterocycles. The van der Waals surface area contributed by atoms with Crippen LogP contribution in [0.3, 0.4) is 0 Å². The van der Waals surface area contributed by atoms with Crippen molar-refractivity contribution in [3.05, 3.63) is 46.8 Å². The number of Topliss-reactive ketones (excluding diaryl/α,β-unsaturated/α-hetero) is 1. The van der Waals surface area contributed by atoms with Crippen LogP contribution >= 0.6 is 0 Å². The van der Waals surface area contributed by atoms with Crippen molar-refractivity contribution in [1.29, 1.82) is 0 Å². The Labute approximate surface area is 146 Å². The zero-order chi connectivity index (χ0) is 17.4. The van der Waals surface area contributed by atoms with Gasteiger partial charge in [-0.3, -0.25) is 4.79 Å². The molecule has 1 unspecified atom stereocenters. The van der Waals surface area contributed by atoms with Gasteiger partial charge in [0.05, 0.1) is 6.04 Å². The van der Waals surface area contributed by atoms with Gasteiger partial charge in [-0.05, 0) is 56.4 Å². The molecule has 4 rings (SSSR count). The van der Waals surface area contributed by atoms with Gasteiger partial charge in [-0.1, -0.05) is 5.16 Å². The summed E-state index contributed by atoms with van der Waals surface area (Å²) in [7, 11) is 0. The van der Waals surface area contributed by atoms with Gasteiger partial charge in [-0.25, -0.2) is 4.79 Å². The number of nitrogens with one attached hydrogen (secondary N) is 1. The number of urea groups is 1. The zero-order valence-corrected chi connectivity index (χ0v) is 14.2. The summed E-state index contributed by atoms with van der Waals surface area (Å²) in [6.07, 6.45) is 4.26. The number of hydrogen-bond donors (Lipinski definition) is 1. The van der Waals surface area contributed by atoms with E-state index in [2.05, 4.69) is 10.5 Å². The summed E-state index contributed by atoms with van der Waals surface area (Å²) in [5.41, 5.74) is 3.35. The van der Waals surface area contributed by atoms with Gasteiger partial charge in [-0.2, -0.15) is 0 Å². The van der Waals surface area contributed by atoms with Crippen molar-refractivity contribution in [2.45, 2.75) is 45.1 Å². The molecule has 0 bridgehead atoms. The fourth-order valence-electron chi connectivity index (χ4n) is 3.75. The molecular formula is C19H21N3O3. The first-order valence-corrected chi connectivity index (χ1v) is 8.79. The molecule has 0 spiro atoms. The van der Waals surface area contributed by atoms with Gasteiger partial charge in [0.15, 0.2) is 5.78 Å². The lowest BCUT2D eigenvalue weighted by molar-refractivity contribution is 0.0994. The van der Waals surface area contributed by atoms with Crippen molar-refractivity contribution in [3.8, 4) is 0 Å². The van der Waals surface area contributed by atoms with Gasteiger partial charge in [0.1, 0.15) is 11.5 Å². The van der Waals surface area contributed by atoms with Crippen LogP contribution in [0.15, 0.2) is 28.8 Å². The number of likely N-dealkylation sites (tertiary alicyclic amines) is 1. The lowest BCUT2D eigenvalue weighted by Crippen LogP contribution is -2.41. The summed E-state index contributed by atoms with van der Waals surface area (Å²) in [6, 6.07) is 7.25. The number of rotatable bonds is 2. The smallest absolute Gasteiger partial charge is 0.322 e. The van der Waals surface area contributed by atoms with E-state index >= 15 is 0 Å². The van der Waals surface area contributed by atoms with Crippen LogP contribution in [-0.2, 0) is 6.42 Å². The number of aryl methyl sites for hydroxylation is 2. The van der Waals surface area contributed by atoms with Crippen LogP contribution in [0.1, 0.15) is 59.1 Å². The molecule has 2 aliphatic rings. The highest BCUT2D eigenvalue weighted by Gasteiger charge is 2.30. The van der Waals surface area contributed by atoms with Crippen molar-refractivity contribution in [2.24, 2.45) is 0 Å². The molecule has 1 N–H and O–H groups in total. The van der Waals surface area contributed by atoms with E-state index in [9.17, 15) is 9.59 Å². The van der Waals surface area contributed by atoms with E-state index in [1.54, 1.807) is 6.07 Å². The van der Waals surface area contributed by atoms with Gasteiger partial charge in [0.25, 0.3) is 0 Å². The third-order valence-corrected chi connectivity index (χ3v) is 5.03. The predicted octanol–water partition coefficient (Wildman–Crippen LogP) is 3.87. The molecule has 25 heavy (non-hydrogen) atoms. The Bertz CT molecular complexity index is 827. The summed E-state index contributed by atoms with van der Waals surface area (Å²) in [5.74, 6) is 0.939. The molecule has 130 valence electrons. The highest BCUT2D eigenvalue weighted by Crippen LogP contribution is 2.31. The van der Waals surface area contributed by atoms with Gasteiger partial charge >= 0.3 is 6.03 Å². The summed E-state index contributed by atoms with van der Waals surface area (Å²) < 4.78 is 5.18. The predicted molar refractivity (Wildman–Crippen MR) is 92.7 cm³/mol. The molecule has 6 heteroatoms. The minimum absolute atomic E-state index is 0.0535. The van der Waals surface area contributed by atoms with E-state index in [4.69, 9.17) is 4.52 Å². The fourth-order valence-corrected chi connectivity index (χ4v) is 3.75. The number of nitrogens with zero attached hydrogens (tertiary/aromatic N) is 2. The second-order valence-electron chi connectivity index (χ2n) is 6.79. The number of ketones is 1. The van der Waals surface area contributed by atoms with E-state index in [1.165, 1.54) is 0 Å². The highest BCUT2D eigenvalue weighted by atomic mass is 16.5. The van der Waals surface area contributed by atoms with Gasteiger partial charge in [-0.15, -0.1) is 0 Å². The van der Waals surface area contributed by atoms with Gasteiger partial charge < -0.3 is 14.7 Å². The van der Waals surface area contributed by atoms with Gasteiger partial charge in [0.2, 0.25) is 0 Å². The Kier molecular flexibility index (Phi) is 4.03. The minimum atomic E-state index is -0.130. The van der Waals surface area contributed by atoms with Crippen LogP contribution < -0.4 is 5.32 Å². The average Bonchev–Trinajstić information content (AvgIpc) is 3.21. The maximum Gasteiger partial charge on any atom is 0.322 e. The third kappa shape index (κ3) is 3.04. The zero-order valence-electron chi connectivity index (χ0n) is 14.2. The molecule has 1 saturated heterocycles. The number of carbonyl (C=O) groups excluding carboxylic acids is 2. The lowest BCUT2D eigenvalue weighted by Gasteiger charge is -2.34. The van der Waals surface area contributed by atoms with Crippen molar-refractivity contribution in [1.82, 2.24) is 10.1 Å². The van der Waals surface area contributed by atoms with Crippen molar-refractivity contribution >= 4 is 17.5 Å². The van der Waals surface area contributed by atoms with Crippen molar-refractivity contribution in [3.63, 3.8) is 0 Å². The minimum Gasteiger partial charge on any atom is -0.361 e. The molecule has 0 saturated carbocycles. The lowest BCUT2D eigenvalue weighted by atomic mass is 9.99. The van der Waals surface area contributed by atoms with Crippen LogP contribution in [0.25, 0.3) is 0 Å². The molecule has 1 atom stereocenters. The van der Waals surface area contributed by atoms with E-state index in [-0.39, 0.29) is 17.9 Å². The number of fused-ring (bicyclic) bond motifs is 1. The molecule has 2 amide bonds. The fraction of sp³-hybridized carbons (Fsp3) is 0.421. The summed E-state index contributed by atoms with van der Waals surface area (Å²) in [5, 5.41) is 7.08. The topological polar surface area (TPSA) is 75.4 Å². The summed E-state index contributed by atoms with van der Waals surface area (Å²) >= 11 is 0. The Morgan fingerprint density at radius 2 is 2.16 bits per heavy atom. The Balaban J connectivity index is 1.52. The molecule has 0 radical (unpaired) electrons. The first-order valence-electron chi connectivity index (χ1n) is 8.79. The summed E-state index contributed by atoms with van der Waals surface area (Å²) in [4.78, 5) is 26.4. The Morgan fingerprint density at radius 1 is 1.28 bits per heavy atom. The van der Waals surface area contributed by atoms with Crippen LogP contribution in [0.2, 0.25) is 0 Å². The number of anilines is 1. The monoisotopic (exact) mass is 339 g/mol. The van der Waals surface area contributed by atoms with E-state index < -0.39 is 0 Å². The number of hydrogen-bond acceptors (Lipinski definition) is 4. The number of piperidine rings is 1. The number of aromatic nitrogens is 1. The second-order valence-corrected chi connectivity index (χ2v) is 6.79. The largest absolute Gasteiger partial charge is 0.361 e. The number of carbonyl (C=O) groups is 2. The van der Waals surface area contributed by atoms with E-state index in [0.717, 1.165) is 54.0 Å². The SMILES string of the molecule is Cc1cc(C2CCCCN2C(=O)Nc2ccc3c(c2)CCC3=O)no1. The molecule has 1 fully saturated rings. The third-order valence-electron chi connectivity index (χ3n) is 5.03. The maximum atomic E-state index is 12.8. The molecular weight excluding hydrogens is 318 g/mol. The molecule has 1 aromatic heterocycles. The quantitative estimate of drug-likeness (QED) is 0.901.